The molecule has 0 amide bonds. The Morgan fingerprint density at radius 1 is 1.00 bits per heavy atom. The highest BCUT2D eigenvalue weighted by Gasteiger charge is 2.28. The summed E-state index contributed by atoms with van der Waals surface area (Å²) >= 11 is 0. The number of ether oxygens (including phenoxy) is 1. The van der Waals surface area contributed by atoms with Crippen molar-refractivity contribution in [1.82, 2.24) is 0 Å². The van der Waals surface area contributed by atoms with Gasteiger partial charge in [-0.1, -0.05) is 51.5 Å². The fourth-order valence-corrected chi connectivity index (χ4v) is 4.42. The normalized spacial score (nSPS) is 20.0. The maximum Gasteiger partial charge on any atom is 0.310 e. The molecule has 3 heteroatoms. The Kier molecular flexibility index (Phi) is 5.80. The number of benzene rings is 1. The summed E-state index contributed by atoms with van der Waals surface area (Å²) in [7, 11) is 0. The molecule has 2 saturated carbocycles. The van der Waals surface area contributed by atoms with Crippen LogP contribution in [-0.4, -0.2) is 11.1 Å². The number of aromatic hydroxyl groups is 1. The second-order valence-corrected chi connectivity index (χ2v) is 7.41. The zero-order valence-electron chi connectivity index (χ0n) is 14.9. The first-order valence-corrected chi connectivity index (χ1v) is 9.77. The third-order valence-corrected chi connectivity index (χ3v) is 5.78. The number of phenolic OH excluding ortho intramolecular Hbond substituents is 1. The van der Waals surface area contributed by atoms with Crippen LogP contribution >= 0.6 is 0 Å². The second-order valence-electron chi connectivity index (χ2n) is 7.41. The van der Waals surface area contributed by atoms with Gasteiger partial charge < -0.3 is 9.84 Å². The minimum absolute atomic E-state index is 0.225. The fourth-order valence-electron chi connectivity index (χ4n) is 4.42. The molecule has 2 aliphatic carbocycles. The van der Waals surface area contributed by atoms with Crippen molar-refractivity contribution in [3.05, 3.63) is 23.3 Å². The van der Waals surface area contributed by atoms with Gasteiger partial charge >= 0.3 is 5.97 Å². The largest absolute Gasteiger partial charge is 0.507 e. The van der Waals surface area contributed by atoms with E-state index in [0.717, 1.165) is 36.8 Å². The van der Waals surface area contributed by atoms with Crippen molar-refractivity contribution in [3.8, 4) is 11.5 Å². The molecule has 3 nitrogen and oxygen atoms in total. The molecule has 0 unspecified atom stereocenters. The summed E-state index contributed by atoms with van der Waals surface area (Å²) < 4.78 is 5.57. The third-order valence-electron chi connectivity index (χ3n) is 5.78. The van der Waals surface area contributed by atoms with Crippen LogP contribution in [0.3, 0.4) is 0 Å². The molecule has 0 aliphatic heterocycles. The van der Waals surface area contributed by atoms with Gasteiger partial charge in [0.1, 0.15) is 11.5 Å². The van der Waals surface area contributed by atoms with E-state index in [1.54, 1.807) is 6.92 Å². The van der Waals surface area contributed by atoms with Crippen LogP contribution in [0.25, 0.3) is 0 Å². The van der Waals surface area contributed by atoms with Crippen LogP contribution in [0, 0.1) is 0 Å². The van der Waals surface area contributed by atoms with Gasteiger partial charge in [-0.15, -0.1) is 0 Å². The molecule has 0 bridgehead atoms. The molecule has 0 spiro atoms. The molecule has 24 heavy (non-hydrogen) atoms. The van der Waals surface area contributed by atoms with Gasteiger partial charge in [-0.2, -0.15) is 0 Å². The van der Waals surface area contributed by atoms with Crippen molar-refractivity contribution in [2.75, 3.05) is 0 Å². The van der Waals surface area contributed by atoms with E-state index in [-0.39, 0.29) is 5.97 Å². The van der Waals surface area contributed by atoms with Crippen LogP contribution in [0.4, 0.5) is 0 Å². The highest BCUT2D eigenvalue weighted by molar-refractivity contribution is 5.73. The summed E-state index contributed by atoms with van der Waals surface area (Å²) in [4.78, 5) is 11.8. The van der Waals surface area contributed by atoms with Gasteiger partial charge in [-0.05, 0) is 49.1 Å². The van der Waals surface area contributed by atoms with Gasteiger partial charge in [0.25, 0.3) is 0 Å². The van der Waals surface area contributed by atoms with E-state index >= 15 is 0 Å². The van der Waals surface area contributed by atoms with Gasteiger partial charge in [-0.25, -0.2) is 0 Å². The standard InChI is InChI=1S/C21H30O3/c1-2-19(22)24-18-14-13-17(15-9-5-3-6-10-15)21(23)20(18)16-11-7-4-8-12-16/h13-16,23H,2-12H2,1H3. The van der Waals surface area contributed by atoms with Crippen LogP contribution in [0.1, 0.15) is 101 Å². The maximum absolute atomic E-state index is 11.8. The molecule has 0 aromatic heterocycles. The van der Waals surface area contributed by atoms with Crippen molar-refractivity contribution in [3.63, 3.8) is 0 Å². The number of carbonyl (C=O) groups excluding carboxylic acids is 1. The van der Waals surface area contributed by atoms with Crippen molar-refractivity contribution in [2.45, 2.75) is 89.4 Å². The molecule has 1 aromatic rings. The van der Waals surface area contributed by atoms with E-state index in [2.05, 4.69) is 0 Å². The minimum Gasteiger partial charge on any atom is -0.507 e. The summed E-state index contributed by atoms with van der Waals surface area (Å²) in [5.41, 5.74) is 1.98. The smallest absolute Gasteiger partial charge is 0.310 e. The summed E-state index contributed by atoms with van der Waals surface area (Å²) in [5, 5.41) is 11.1. The van der Waals surface area contributed by atoms with Crippen LogP contribution in [-0.2, 0) is 4.79 Å². The number of carbonyl (C=O) groups is 1. The van der Waals surface area contributed by atoms with Gasteiger partial charge in [0.05, 0.1) is 0 Å². The Hall–Kier alpha value is -1.51. The highest BCUT2D eigenvalue weighted by atomic mass is 16.5. The Morgan fingerprint density at radius 3 is 2.17 bits per heavy atom. The van der Waals surface area contributed by atoms with Crippen molar-refractivity contribution >= 4 is 5.97 Å². The minimum atomic E-state index is -0.225. The molecule has 0 heterocycles. The molecule has 132 valence electrons. The van der Waals surface area contributed by atoms with Crippen LogP contribution in [0.15, 0.2) is 12.1 Å². The van der Waals surface area contributed by atoms with E-state index in [1.165, 1.54) is 38.5 Å². The third kappa shape index (κ3) is 3.76. The van der Waals surface area contributed by atoms with Crippen LogP contribution in [0.2, 0.25) is 0 Å². The van der Waals surface area contributed by atoms with Gasteiger partial charge in [0, 0.05) is 12.0 Å². The molecular weight excluding hydrogens is 300 g/mol. The quantitative estimate of drug-likeness (QED) is 0.560. The molecule has 0 saturated heterocycles. The van der Waals surface area contributed by atoms with E-state index in [1.807, 2.05) is 12.1 Å². The SMILES string of the molecule is CCC(=O)Oc1ccc(C2CCCCC2)c(O)c1C1CCCCC1. The predicted molar refractivity (Wildman–Crippen MR) is 95.7 cm³/mol. The lowest BCUT2D eigenvalue weighted by molar-refractivity contribution is -0.134. The van der Waals surface area contributed by atoms with Gasteiger partial charge in [0.15, 0.2) is 0 Å². The van der Waals surface area contributed by atoms with Crippen LogP contribution in [0.5, 0.6) is 11.5 Å². The maximum atomic E-state index is 11.8. The Morgan fingerprint density at radius 2 is 1.58 bits per heavy atom. The van der Waals surface area contributed by atoms with E-state index in [4.69, 9.17) is 4.74 Å². The number of hydrogen-bond donors (Lipinski definition) is 1. The predicted octanol–water partition coefficient (Wildman–Crippen LogP) is 5.80. The Balaban J connectivity index is 1.96. The summed E-state index contributed by atoms with van der Waals surface area (Å²) in [5.74, 6) is 1.55. The number of phenols is 1. The molecule has 1 aromatic carbocycles. The first-order valence-electron chi connectivity index (χ1n) is 9.77. The van der Waals surface area contributed by atoms with Crippen molar-refractivity contribution in [1.29, 1.82) is 0 Å². The lowest BCUT2D eigenvalue weighted by atomic mass is 9.79. The Bertz CT molecular complexity index is 567. The zero-order chi connectivity index (χ0) is 16.9. The van der Waals surface area contributed by atoms with E-state index in [0.29, 0.717) is 29.8 Å². The molecule has 3 rings (SSSR count). The Labute approximate surface area is 145 Å². The summed E-state index contributed by atoms with van der Waals surface area (Å²) in [6, 6.07) is 3.93. The first-order chi connectivity index (χ1) is 11.7. The highest BCUT2D eigenvalue weighted by Crippen LogP contribution is 2.47. The average Bonchev–Trinajstić information content (AvgIpc) is 2.63. The lowest BCUT2D eigenvalue weighted by Gasteiger charge is -2.28. The van der Waals surface area contributed by atoms with E-state index < -0.39 is 0 Å². The zero-order valence-corrected chi connectivity index (χ0v) is 14.9. The second kappa shape index (κ2) is 8.04. The fraction of sp³-hybridized carbons (Fsp3) is 0.667. The first kappa shape index (κ1) is 17.3. The topological polar surface area (TPSA) is 46.5 Å². The molecule has 2 aliphatic rings. The molecular formula is C21H30O3. The van der Waals surface area contributed by atoms with Gasteiger partial charge in [-0.3, -0.25) is 4.79 Å². The van der Waals surface area contributed by atoms with Crippen molar-refractivity contribution < 1.29 is 14.6 Å². The molecule has 1 N–H and O–H groups in total. The van der Waals surface area contributed by atoms with Gasteiger partial charge in [0.2, 0.25) is 0 Å². The summed E-state index contributed by atoms with van der Waals surface area (Å²) in [6.45, 7) is 1.80. The summed E-state index contributed by atoms with van der Waals surface area (Å²) in [6.07, 6.45) is 12.3. The number of esters is 1. The average molecular weight is 330 g/mol. The molecule has 0 atom stereocenters. The van der Waals surface area contributed by atoms with Crippen molar-refractivity contribution in [2.24, 2.45) is 0 Å². The van der Waals surface area contributed by atoms with Crippen LogP contribution < -0.4 is 4.74 Å². The molecule has 2 fully saturated rings. The van der Waals surface area contributed by atoms with E-state index in [9.17, 15) is 9.90 Å². The lowest BCUT2D eigenvalue weighted by Crippen LogP contribution is -2.13. The monoisotopic (exact) mass is 330 g/mol. The molecule has 0 radical (unpaired) electrons. The number of rotatable bonds is 4. The number of hydrogen-bond acceptors (Lipinski definition) is 3.